The quantitative estimate of drug-likeness (QED) is 0.881. The van der Waals surface area contributed by atoms with Crippen molar-refractivity contribution in [2.45, 2.75) is 6.54 Å². The fourth-order valence-corrected chi connectivity index (χ4v) is 2.84. The highest BCUT2D eigenvalue weighted by Crippen LogP contribution is 2.34. The van der Waals surface area contributed by atoms with Gasteiger partial charge in [0.15, 0.2) is 11.5 Å². The average Bonchev–Trinajstić information content (AvgIpc) is 2.46. The molecule has 0 aromatic heterocycles. The van der Waals surface area contributed by atoms with Crippen LogP contribution in [0.15, 0.2) is 40.9 Å². The molecule has 5 heteroatoms. The van der Waals surface area contributed by atoms with Crippen LogP contribution >= 0.6 is 27.5 Å². The summed E-state index contributed by atoms with van der Waals surface area (Å²) < 4.78 is 12.2. The smallest absolute Gasteiger partial charge is 0.166 e. The lowest BCUT2D eigenvalue weighted by Gasteiger charge is -2.21. The van der Waals surface area contributed by atoms with Crippen LogP contribution in [0.2, 0.25) is 5.02 Å². The first-order chi connectivity index (χ1) is 9.74. The number of benzene rings is 2. The fraction of sp³-hybridized carbons (Fsp3) is 0.200. The minimum Gasteiger partial charge on any atom is -0.486 e. The van der Waals surface area contributed by atoms with Crippen LogP contribution in [0.4, 0.5) is 5.69 Å². The minimum atomic E-state index is 0.586. The molecule has 1 aliphatic heterocycles. The Morgan fingerprint density at radius 3 is 2.85 bits per heavy atom. The van der Waals surface area contributed by atoms with Gasteiger partial charge in [-0.15, -0.1) is 0 Å². The molecule has 0 amide bonds. The van der Waals surface area contributed by atoms with Crippen molar-refractivity contribution in [3.63, 3.8) is 0 Å². The molecule has 3 nitrogen and oxygen atoms in total. The van der Waals surface area contributed by atoms with E-state index in [0.717, 1.165) is 27.2 Å². The maximum atomic E-state index is 6.19. The summed E-state index contributed by atoms with van der Waals surface area (Å²) in [6, 6.07) is 11.7. The van der Waals surface area contributed by atoms with E-state index >= 15 is 0 Å². The van der Waals surface area contributed by atoms with Gasteiger partial charge in [-0.1, -0.05) is 39.7 Å². The number of hydrogen-bond acceptors (Lipinski definition) is 3. The fourth-order valence-electron chi connectivity index (χ4n) is 2.10. The molecule has 0 unspecified atom stereocenters. The Hall–Kier alpha value is -1.39. The molecule has 0 atom stereocenters. The van der Waals surface area contributed by atoms with E-state index in [-0.39, 0.29) is 0 Å². The Kier molecular flexibility index (Phi) is 4.03. The van der Waals surface area contributed by atoms with Crippen molar-refractivity contribution in [3.05, 3.63) is 51.5 Å². The minimum absolute atomic E-state index is 0.586. The van der Waals surface area contributed by atoms with E-state index in [4.69, 9.17) is 21.1 Å². The summed E-state index contributed by atoms with van der Waals surface area (Å²) in [5.41, 5.74) is 1.95. The Bertz CT molecular complexity index is 633. The predicted octanol–water partition coefficient (Wildman–Crippen LogP) is 4.49. The summed E-state index contributed by atoms with van der Waals surface area (Å²) >= 11 is 9.58. The summed E-state index contributed by atoms with van der Waals surface area (Å²) in [7, 11) is 0. The average molecular weight is 355 g/mol. The third-order valence-electron chi connectivity index (χ3n) is 3.05. The van der Waals surface area contributed by atoms with E-state index in [1.54, 1.807) is 0 Å². The molecule has 2 aromatic rings. The summed E-state index contributed by atoms with van der Waals surface area (Å²) in [4.78, 5) is 0. The van der Waals surface area contributed by atoms with Crippen molar-refractivity contribution in [1.82, 2.24) is 0 Å². The Labute approximate surface area is 131 Å². The van der Waals surface area contributed by atoms with Gasteiger partial charge in [0, 0.05) is 16.6 Å². The largest absolute Gasteiger partial charge is 0.486 e. The Morgan fingerprint density at radius 1 is 1.15 bits per heavy atom. The van der Waals surface area contributed by atoms with Crippen LogP contribution in [0.25, 0.3) is 0 Å². The first kappa shape index (κ1) is 13.6. The second-order valence-corrected chi connectivity index (χ2v) is 5.74. The van der Waals surface area contributed by atoms with Crippen molar-refractivity contribution in [2.24, 2.45) is 0 Å². The third kappa shape index (κ3) is 2.86. The lowest BCUT2D eigenvalue weighted by atomic mass is 10.1. The zero-order valence-corrected chi connectivity index (χ0v) is 13.0. The molecule has 1 aliphatic rings. The number of fused-ring (bicyclic) bond motifs is 1. The summed E-state index contributed by atoms with van der Waals surface area (Å²) in [6.45, 7) is 1.82. The summed E-state index contributed by atoms with van der Waals surface area (Å²) in [5, 5.41) is 4.00. The van der Waals surface area contributed by atoms with Crippen molar-refractivity contribution < 1.29 is 9.47 Å². The zero-order valence-electron chi connectivity index (χ0n) is 10.7. The van der Waals surface area contributed by atoms with Gasteiger partial charge in [-0.25, -0.2) is 0 Å². The van der Waals surface area contributed by atoms with Crippen LogP contribution < -0.4 is 14.8 Å². The lowest BCUT2D eigenvalue weighted by Crippen LogP contribution is -2.17. The van der Waals surface area contributed by atoms with Crippen molar-refractivity contribution in [1.29, 1.82) is 0 Å². The molecule has 0 radical (unpaired) electrons. The zero-order chi connectivity index (χ0) is 13.9. The monoisotopic (exact) mass is 353 g/mol. The number of halogens is 2. The molecule has 2 aromatic carbocycles. The van der Waals surface area contributed by atoms with Crippen LogP contribution in [0, 0.1) is 0 Å². The molecule has 104 valence electrons. The normalized spacial score (nSPS) is 13.1. The van der Waals surface area contributed by atoms with Gasteiger partial charge in [0.2, 0.25) is 0 Å². The summed E-state index contributed by atoms with van der Waals surface area (Å²) in [5.74, 6) is 1.62. The van der Waals surface area contributed by atoms with Gasteiger partial charge < -0.3 is 14.8 Å². The number of hydrogen-bond donors (Lipinski definition) is 1. The highest BCUT2D eigenvalue weighted by Gasteiger charge is 2.15. The highest BCUT2D eigenvalue weighted by atomic mass is 79.9. The molecular formula is C15H13BrClNO2. The molecule has 1 N–H and O–H groups in total. The number of para-hydroxylation sites is 1. The molecule has 1 heterocycles. The van der Waals surface area contributed by atoms with Gasteiger partial charge in [0.1, 0.15) is 13.2 Å². The van der Waals surface area contributed by atoms with Gasteiger partial charge >= 0.3 is 0 Å². The van der Waals surface area contributed by atoms with Gasteiger partial charge in [0.05, 0.1) is 10.7 Å². The number of ether oxygens (including phenoxy) is 2. The topological polar surface area (TPSA) is 30.5 Å². The standard InChI is InChI=1S/C15H13BrClNO2/c16-11-4-5-13(12(17)8-11)18-9-10-2-1-3-14-15(10)20-7-6-19-14/h1-5,8,18H,6-7,9H2. The second kappa shape index (κ2) is 5.94. The molecule has 0 bridgehead atoms. The van der Waals surface area contributed by atoms with Crippen molar-refractivity contribution in [2.75, 3.05) is 18.5 Å². The van der Waals surface area contributed by atoms with Crippen LogP contribution in [0.1, 0.15) is 5.56 Å². The molecule has 0 fully saturated rings. The Morgan fingerprint density at radius 2 is 2.00 bits per heavy atom. The summed E-state index contributed by atoms with van der Waals surface area (Å²) in [6.07, 6.45) is 0. The van der Waals surface area contributed by atoms with E-state index in [1.165, 1.54) is 0 Å². The lowest BCUT2D eigenvalue weighted by molar-refractivity contribution is 0.170. The van der Waals surface area contributed by atoms with E-state index in [1.807, 2.05) is 36.4 Å². The Balaban J connectivity index is 1.78. The predicted molar refractivity (Wildman–Crippen MR) is 83.9 cm³/mol. The first-order valence-corrected chi connectivity index (χ1v) is 7.47. The van der Waals surface area contributed by atoms with Gasteiger partial charge in [0.25, 0.3) is 0 Å². The highest BCUT2D eigenvalue weighted by molar-refractivity contribution is 9.10. The van der Waals surface area contributed by atoms with Crippen molar-refractivity contribution in [3.8, 4) is 11.5 Å². The molecule has 0 spiro atoms. The first-order valence-electron chi connectivity index (χ1n) is 6.30. The molecule has 0 aliphatic carbocycles. The van der Waals surface area contributed by atoms with E-state index in [0.29, 0.717) is 24.8 Å². The van der Waals surface area contributed by atoms with Gasteiger partial charge in [-0.05, 0) is 24.3 Å². The maximum Gasteiger partial charge on any atom is 0.166 e. The molecule has 0 saturated carbocycles. The SMILES string of the molecule is Clc1cc(Br)ccc1NCc1cccc2c1OCCO2. The van der Waals surface area contributed by atoms with Crippen LogP contribution in [0.3, 0.4) is 0 Å². The van der Waals surface area contributed by atoms with Crippen LogP contribution in [-0.4, -0.2) is 13.2 Å². The molecule has 0 saturated heterocycles. The van der Waals surface area contributed by atoms with E-state index in [9.17, 15) is 0 Å². The second-order valence-electron chi connectivity index (χ2n) is 4.42. The number of rotatable bonds is 3. The van der Waals surface area contributed by atoms with Gasteiger partial charge in [-0.3, -0.25) is 0 Å². The third-order valence-corrected chi connectivity index (χ3v) is 3.85. The van der Waals surface area contributed by atoms with Crippen LogP contribution in [0.5, 0.6) is 11.5 Å². The van der Waals surface area contributed by atoms with E-state index < -0.39 is 0 Å². The van der Waals surface area contributed by atoms with E-state index in [2.05, 4.69) is 21.2 Å². The molecular weight excluding hydrogens is 342 g/mol. The van der Waals surface area contributed by atoms with Gasteiger partial charge in [-0.2, -0.15) is 0 Å². The molecule has 20 heavy (non-hydrogen) atoms. The number of nitrogens with one attached hydrogen (secondary N) is 1. The van der Waals surface area contributed by atoms with Crippen LogP contribution in [-0.2, 0) is 6.54 Å². The maximum absolute atomic E-state index is 6.19. The number of anilines is 1. The van der Waals surface area contributed by atoms with Crippen molar-refractivity contribution >= 4 is 33.2 Å². The molecule has 3 rings (SSSR count).